The summed E-state index contributed by atoms with van der Waals surface area (Å²) in [7, 11) is 0. The average molecular weight is 336 g/mol. The van der Waals surface area contributed by atoms with Crippen molar-refractivity contribution < 1.29 is 9.59 Å². The van der Waals surface area contributed by atoms with E-state index < -0.39 is 0 Å². The van der Waals surface area contributed by atoms with Crippen LogP contribution in [0.15, 0.2) is 42.2 Å². The number of benzene rings is 1. The lowest BCUT2D eigenvalue weighted by atomic mass is 9.84. The van der Waals surface area contributed by atoms with Crippen molar-refractivity contribution in [3.05, 3.63) is 53.4 Å². The average Bonchev–Trinajstić information content (AvgIpc) is 3.01. The third-order valence-electron chi connectivity index (χ3n) is 4.95. The largest absolute Gasteiger partial charge is 0.334 e. The molecule has 4 rings (SSSR count). The third-order valence-corrected chi connectivity index (χ3v) is 4.95. The molecule has 0 bridgehead atoms. The first-order valence-electron chi connectivity index (χ1n) is 8.35. The van der Waals surface area contributed by atoms with Gasteiger partial charge in [-0.05, 0) is 25.5 Å². The second-order valence-corrected chi connectivity index (χ2v) is 6.97. The molecular weight excluding hydrogens is 316 g/mol. The Balaban J connectivity index is 1.50. The van der Waals surface area contributed by atoms with Gasteiger partial charge in [0.1, 0.15) is 0 Å². The molecular formula is C19H20N4O2. The predicted molar refractivity (Wildman–Crippen MR) is 94.9 cm³/mol. The summed E-state index contributed by atoms with van der Waals surface area (Å²) in [4.78, 5) is 30.6. The minimum atomic E-state index is -0.353. The van der Waals surface area contributed by atoms with Gasteiger partial charge in [-0.3, -0.25) is 14.9 Å². The molecule has 0 atom stereocenters. The van der Waals surface area contributed by atoms with Crippen LogP contribution in [0.1, 0.15) is 24.5 Å². The summed E-state index contributed by atoms with van der Waals surface area (Å²) in [6, 6.07) is 8.08. The van der Waals surface area contributed by atoms with Crippen LogP contribution < -0.4 is 5.32 Å². The maximum absolute atomic E-state index is 12.7. The molecule has 1 aromatic carbocycles. The molecule has 1 saturated heterocycles. The van der Waals surface area contributed by atoms with Gasteiger partial charge in [-0.2, -0.15) is 0 Å². The molecule has 3 heterocycles. The van der Waals surface area contributed by atoms with Crippen molar-refractivity contribution >= 4 is 23.8 Å². The maximum atomic E-state index is 12.7. The van der Waals surface area contributed by atoms with Gasteiger partial charge in [0.15, 0.2) is 0 Å². The molecule has 1 spiro atoms. The standard InChI is InChI=1S/C19H20N4O2/c1-13-3-5-15(6-4-13)9-14(2)17(25)22-11-19(12-22)10-16(24)21-18-20-7-8-23(18)19/h3-9H,10-12H2,1-2H3,(H,20,21,24)/b14-9+. The smallest absolute Gasteiger partial charge is 0.249 e. The zero-order valence-corrected chi connectivity index (χ0v) is 14.3. The van der Waals surface area contributed by atoms with E-state index in [1.807, 2.05) is 55.0 Å². The van der Waals surface area contributed by atoms with Crippen LogP contribution in [-0.2, 0) is 15.1 Å². The van der Waals surface area contributed by atoms with Crippen LogP contribution in [-0.4, -0.2) is 39.4 Å². The molecule has 1 N–H and O–H groups in total. The van der Waals surface area contributed by atoms with Gasteiger partial charge in [-0.25, -0.2) is 4.98 Å². The van der Waals surface area contributed by atoms with E-state index >= 15 is 0 Å². The summed E-state index contributed by atoms with van der Waals surface area (Å²) in [5.74, 6) is 0.534. The van der Waals surface area contributed by atoms with Gasteiger partial charge < -0.3 is 9.47 Å². The van der Waals surface area contributed by atoms with Gasteiger partial charge in [0.25, 0.3) is 0 Å². The molecule has 2 aromatic rings. The number of anilines is 1. The fourth-order valence-electron chi connectivity index (χ4n) is 3.63. The second-order valence-electron chi connectivity index (χ2n) is 6.97. The Morgan fingerprint density at radius 1 is 1.28 bits per heavy atom. The van der Waals surface area contributed by atoms with E-state index in [0.29, 0.717) is 31.0 Å². The topological polar surface area (TPSA) is 67.2 Å². The van der Waals surface area contributed by atoms with Crippen LogP contribution >= 0.6 is 0 Å². The predicted octanol–water partition coefficient (Wildman–Crippen LogP) is 2.17. The Labute approximate surface area is 146 Å². The van der Waals surface area contributed by atoms with E-state index in [9.17, 15) is 9.59 Å². The van der Waals surface area contributed by atoms with E-state index in [4.69, 9.17) is 0 Å². The molecule has 6 nitrogen and oxygen atoms in total. The summed E-state index contributed by atoms with van der Waals surface area (Å²) in [5, 5.41) is 2.77. The molecule has 128 valence electrons. The minimum Gasteiger partial charge on any atom is -0.334 e. The monoisotopic (exact) mass is 336 g/mol. The van der Waals surface area contributed by atoms with Crippen LogP contribution in [0.3, 0.4) is 0 Å². The number of nitrogens with one attached hydrogen (secondary N) is 1. The van der Waals surface area contributed by atoms with Gasteiger partial charge in [-0.15, -0.1) is 0 Å². The van der Waals surface area contributed by atoms with E-state index in [1.165, 1.54) is 5.56 Å². The Kier molecular flexibility index (Phi) is 3.49. The molecule has 0 radical (unpaired) electrons. The molecule has 6 heteroatoms. The fourth-order valence-corrected chi connectivity index (χ4v) is 3.63. The van der Waals surface area contributed by atoms with Crippen LogP contribution in [0.25, 0.3) is 6.08 Å². The highest BCUT2D eigenvalue weighted by molar-refractivity contribution is 5.98. The number of likely N-dealkylation sites (tertiary alicyclic amines) is 1. The lowest BCUT2D eigenvalue weighted by Crippen LogP contribution is -2.66. The molecule has 2 amide bonds. The highest BCUT2D eigenvalue weighted by atomic mass is 16.2. The normalized spacial score (nSPS) is 18.6. The number of imidazole rings is 1. The number of carbonyl (C=O) groups excluding carboxylic acids is 2. The lowest BCUT2D eigenvalue weighted by Gasteiger charge is -2.52. The Morgan fingerprint density at radius 3 is 2.72 bits per heavy atom. The van der Waals surface area contributed by atoms with Crippen molar-refractivity contribution in [1.82, 2.24) is 14.5 Å². The molecule has 0 unspecified atom stereocenters. The minimum absolute atomic E-state index is 0.0128. The number of hydrogen-bond donors (Lipinski definition) is 1. The Morgan fingerprint density at radius 2 is 2.00 bits per heavy atom. The number of aromatic nitrogens is 2. The lowest BCUT2D eigenvalue weighted by molar-refractivity contribution is -0.141. The molecule has 1 fully saturated rings. The first-order chi connectivity index (χ1) is 12.0. The summed E-state index contributed by atoms with van der Waals surface area (Å²) < 4.78 is 1.98. The van der Waals surface area contributed by atoms with E-state index in [2.05, 4.69) is 10.3 Å². The van der Waals surface area contributed by atoms with Crippen molar-refractivity contribution in [2.45, 2.75) is 25.8 Å². The maximum Gasteiger partial charge on any atom is 0.249 e. The molecule has 0 saturated carbocycles. The Hall–Kier alpha value is -2.89. The van der Waals surface area contributed by atoms with Crippen LogP contribution in [0.4, 0.5) is 5.95 Å². The second kappa shape index (κ2) is 5.58. The summed E-state index contributed by atoms with van der Waals surface area (Å²) >= 11 is 0. The van der Waals surface area contributed by atoms with Crippen LogP contribution in [0.2, 0.25) is 0 Å². The van der Waals surface area contributed by atoms with E-state index in [-0.39, 0.29) is 17.4 Å². The SMILES string of the molecule is C/C(=C\c1ccc(C)cc1)C(=O)N1CC2(CC(=O)Nc3nccn32)C1. The molecule has 25 heavy (non-hydrogen) atoms. The van der Waals surface area contributed by atoms with Gasteiger partial charge >= 0.3 is 0 Å². The van der Waals surface area contributed by atoms with E-state index in [0.717, 1.165) is 5.56 Å². The number of rotatable bonds is 2. The van der Waals surface area contributed by atoms with Crippen LogP contribution in [0, 0.1) is 6.92 Å². The third kappa shape index (κ3) is 2.63. The van der Waals surface area contributed by atoms with Gasteiger partial charge in [0, 0.05) is 31.1 Å². The molecule has 2 aliphatic heterocycles. The fraction of sp³-hybridized carbons (Fsp3) is 0.316. The zero-order valence-electron chi connectivity index (χ0n) is 14.3. The Bertz CT molecular complexity index is 873. The van der Waals surface area contributed by atoms with E-state index in [1.54, 1.807) is 11.1 Å². The van der Waals surface area contributed by atoms with Crippen LogP contribution in [0.5, 0.6) is 0 Å². The summed E-state index contributed by atoms with van der Waals surface area (Å²) in [6.07, 6.45) is 5.82. The number of hydrogen-bond acceptors (Lipinski definition) is 3. The van der Waals surface area contributed by atoms with Gasteiger partial charge in [-0.1, -0.05) is 29.8 Å². The molecule has 2 aliphatic rings. The number of amides is 2. The highest BCUT2D eigenvalue weighted by Gasteiger charge is 2.51. The molecule has 0 aliphatic carbocycles. The zero-order chi connectivity index (χ0) is 17.6. The van der Waals surface area contributed by atoms with Gasteiger partial charge in [0.2, 0.25) is 17.8 Å². The van der Waals surface area contributed by atoms with Crippen molar-refractivity contribution in [2.24, 2.45) is 0 Å². The number of nitrogens with zero attached hydrogens (tertiary/aromatic N) is 3. The van der Waals surface area contributed by atoms with Gasteiger partial charge in [0.05, 0.1) is 12.0 Å². The first-order valence-corrected chi connectivity index (χ1v) is 8.35. The van der Waals surface area contributed by atoms with Crippen molar-refractivity contribution in [1.29, 1.82) is 0 Å². The number of carbonyl (C=O) groups is 2. The highest BCUT2D eigenvalue weighted by Crippen LogP contribution is 2.38. The molecule has 1 aromatic heterocycles. The number of fused-ring (bicyclic) bond motifs is 2. The van der Waals surface area contributed by atoms with Crippen molar-refractivity contribution in [3.63, 3.8) is 0 Å². The quantitative estimate of drug-likeness (QED) is 0.855. The summed E-state index contributed by atoms with van der Waals surface area (Å²) in [5.41, 5.74) is 2.55. The van der Waals surface area contributed by atoms with Crippen molar-refractivity contribution in [2.75, 3.05) is 18.4 Å². The number of aryl methyl sites for hydroxylation is 1. The van der Waals surface area contributed by atoms with Crippen molar-refractivity contribution in [3.8, 4) is 0 Å². The summed E-state index contributed by atoms with van der Waals surface area (Å²) in [6.45, 7) is 4.93. The first kappa shape index (κ1) is 15.6.